The molecule has 1 heterocycles. The average Bonchev–Trinajstić information content (AvgIpc) is 2.41. The van der Waals surface area contributed by atoms with E-state index in [4.69, 9.17) is 0 Å². The van der Waals surface area contributed by atoms with Crippen molar-refractivity contribution >= 4 is 10.9 Å². The van der Waals surface area contributed by atoms with Gasteiger partial charge >= 0.3 is 0 Å². The Morgan fingerprint density at radius 2 is 2.10 bits per heavy atom. The minimum absolute atomic E-state index is 0.496. The summed E-state index contributed by atoms with van der Waals surface area (Å²) in [6.45, 7) is 5.27. The van der Waals surface area contributed by atoms with Gasteiger partial charge in [0.05, 0.1) is 5.52 Å². The molecule has 0 radical (unpaired) electrons. The van der Waals surface area contributed by atoms with Crippen LogP contribution in [0.1, 0.15) is 49.9 Å². The van der Waals surface area contributed by atoms with E-state index in [0.717, 1.165) is 23.7 Å². The minimum Gasteiger partial charge on any atom is -0.310 e. The third-order valence-corrected chi connectivity index (χ3v) is 4.50. The molecule has 2 nitrogen and oxygen atoms in total. The van der Waals surface area contributed by atoms with Crippen molar-refractivity contribution in [1.82, 2.24) is 10.3 Å². The summed E-state index contributed by atoms with van der Waals surface area (Å²) in [5, 5.41) is 4.91. The number of pyridine rings is 1. The lowest BCUT2D eigenvalue weighted by Crippen LogP contribution is -2.25. The van der Waals surface area contributed by atoms with Crippen LogP contribution in [0.2, 0.25) is 0 Å². The third kappa shape index (κ3) is 2.85. The molecule has 1 aliphatic carbocycles. The molecule has 1 N–H and O–H groups in total. The van der Waals surface area contributed by atoms with E-state index in [0.29, 0.717) is 6.04 Å². The monoisotopic (exact) mass is 268 g/mol. The zero-order chi connectivity index (χ0) is 13.9. The molecule has 106 valence electrons. The number of nitrogens with zero attached hydrogens (tertiary/aromatic N) is 1. The molecule has 2 aromatic rings. The molecule has 1 saturated carbocycles. The Kier molecular flexibility index (Phi) is 4.02. The second kappa shape index (κ2) is 5.92. The second-order valence-corrected chi connectivity index (χ2v) is 6.05. The standard InChI is InChI=1S/C18H24N2/c1-3-19-18(11-14-5-4-6-14)16-9-10-17-15(12-16)8-7-13(2)20-17/h7-10,12,14,18-19H,3-6,11H2,1-2H3. The number of aryl methyl sites for hydroxylation is 1. The van der Waals surface area contributed by atoms with E-state index in [-0.39, 0.29) is 0 Å². The molecule has 0 bridgehead atoms. The van der Waals surface area contributed by atoms with E-state index in [1.807, 2.05) is 6.92 Å². The van der Waals surface area contributed by atoms with Gasteiger partial charge in [-0.05, 0) is 49.6 Å². The van der Waals surface area contributed by atoms with Crippen LogP contribution < -0.4 is 5.32 Å². The zero-order valence-corrected chi connectivity index (χ0v) is 12.5. The number of hydrogen-bond donors (Lipinski definition) is 1. The van der Waals surface area contributed by atoms with Crippen LogP contribution in [0.5, 0.6) is 0 Å². The molecule has 0 saturated heterocycles. The van der Waals surface area contributed by atoms with Crippen LogP contribution >= 0.6 is 0 Å². The fourth-order valence-corrected chi connectivity index (χ4v) is 3.11. The van der Waals surface area contributed by atoms with Crippen LogP contribution in [0.4, 0.5) is 0 Å². The minimum atomic E-state index is 0.496. The first-order valence-electron chi connectivity index (χ1n) is 7.87. The van der Waals surface area contributed by atoms with E-state index in [1.165, 1.54) is 36.6 Å². The predicted octanol–water partition coefficient (Wildman–Crippen LogP) is 4.38. The van der Waals surface area contributed by atoms with Crippen molar-refractivity contribution in [2.75, 3.05) is 6.54 Å². The van der Waals surface area contributed by atoms with Gasteiger partial charge in [0.25, 0.3) is 0 Å². The SMILES string of the molecule is CCNC(CC1CCC1)c1ccc2nc(C)ccc2c1. The quantitative estimate of drug-likeness (QED) is 0.870. The van der Waals surface area contributed by atoms with Crippen LogP contribution in [0.3, 0.4) is 0 Å². The highest BCUT2D eigenvalue weighted by molar-refractivity contribution is 5.79. The highest BCUT2D eigenvalue weighted by Gasteiger charge is 2.22. The number of benzene rings is 1. The predicted molar refractivity (Wildman–Crippen MR) is 84.9 cm³/mol. The molecule has 0 spiro atoms. The second-order valence-electron chi connectivity index (χ2n) is 6.05. The summed E-state index contributed by atoms with van der Waals surface area (Å²) < 4.78 is 0. The van der Waals surface area contributed by atoms with Gasteiger partial charge in [0.1, 0.15) is 0 Å². The Morgan fingerprint density at radius 1 is 1.25 bits per heavy atom. The van der Waals surface area contributed by atoms with Gasteiger partial charge in [-0.1, -0.05) is 38.3 Å². The van der Waals surface area contributed by atoms with Crippen molar-refractivity contribution in [2.45, 2.75) is 45.6 Å². The van der Waals surface area contributed by atoms with Gasteiger partial charge in [-0.3, -0.25) is 4.98 Å². The van der Waals surface area contributed by atoms with E-state index in [9.17, 15) is 0 Å². The Morgan fingerprint density at radius 3 is 2.80 bits per heavy atom. The highest BCUT2D eigenvalue weighted by atomic mass is 14.9. The van der Waals surface area contributed by atoms with Crippen molar-refractivity contribution in [1.29, 1.82) is 0 Å². The van der Waals surface area contributed by atoms with Crippen LogP contribution in [-0.4, -0.2) is 11.5 Å². The summed E-state index contributed by atoms with van der Waals surface area (Å²) in [5.74, 6) is 0.922. The molecular weight excluding hydrogens is 244 g/mol. The lowest BCUT2D eigenvalue weighted by atomic mass is 9.79. The molecule has 1 aliphatic rings. The summed E-state index contributed by atoms with van der Waals surface area (Å²) in [7, 11) is 0. The van der Waals surface area contributed by atoms with Gasteiger partial charge in [0.15, 0.2) is 0 Å². The fourth-order valence-electron chi connectivity index (χ4n) is 3.11. The van der Waals surface area contributed by atoms with Crippen molar-refractivity contribution in [3.8, 4) is 0 Å². The zero-order valence-electron chi connectivity index (χ0n) is 12.5. The molecule has 0 amide bonds. The topological polar surface area (TPSA) is 24.9 Å². The van der Waals surface area contributed by atoms with Gasteiger partial charge in [0.2, 0.25) is 0 Å². The van der Waals surface area contributed by atoms with Gasteiger partial charge < -0.3 is 5.32 Å². The number of hydrogen-bond acceptors (Lipinski definition) is 2. The van der Waals surface area contributed by atoms with Gasteiger partial charge in [-0.2, -0.15) is 0 Å². The van der Waals surface area contributed by atoms with Crippen LogP contribution in [0.15, 0.2) is 30.3 Å². The van der Waals surface area contributed by atoms with Gasteiger partial charge in [0, 0.05) is 17.1 Å². The van der Waals surface area contributed by atoms with Gasteiger partial charge in [-0.15, -0.1) is 0 Å². The molecule has 1 atom stereocenters. The maximum absolute atomic E-state index is 4.59. The molecule has 2 heteroatoms. The summed E-state index contributed by atoms with van der Waals surface area (Å²) in [6, 6.07) is 11.5. The molecular formula is C18H24N2. The fraction of sp³-hybridized carbons (Fsp3) is 0.500. The normalized spacial score (nSPS) is 17.1. The summed E-state index contributed by atoms with van der Waals surface area (Å²) >= 11 is 0. The van der Waals surface area contributed by atoms with Crippen LogP contribution in [0, 0.1) is 12.8 Å². The molecule has 1 unspecified atom stereocenters. The van der Waals surface area contributed by atoms with E-state index in [2.05, 4.69) is 47.6 Å². The van der Waals surface area contributed by atoms with Crippen molar-refractivity contribution in [3.05, 3.63) is 41.6 Å². The lowest BCUT2D eigenvalue weighted by molar-refractivity contribution is 0.262. The van der Waals surface area contributed by atoms with E-state index in [1.54, 1.807) is 0 Å². The largest absolute Gasteiger partial charge is 0.310 e. The summed E-state index contributed by atoms with van der Waals surface area (Å²) in [5.41, 5.74) is 3.60. The molecule has 0 aliphatic heterocycles. The first kappa shape index (κ1) is 13.6. The van der Waals surface area contributed by atoms with E-state index >= 15 is 0 Å². The van der Waals surface area contributed by atoms with Crippen molar-refractivity contribution < 1.29 is 0 Å². The average molecular weight is 268 g/mol. The van der Waals surface area contributed by atoms with Gasteiger partial charge in [-0.25, -0.2) is 0 Å². The number of fused-ring (bicyclic) bond motifs is 1. The smallest absolute Gasteiger partial charge is 0.0705 e. The molecule has 1 aromatic heterocycles. The summed E-state index contributed by atoms with van der Waals surface area (Å²) in [4.78, 5) is 4.59. The molecule has 20 heavy (non-hydrogen) atoms. The van der Waals surface area contributed by atoms with Crippen LogP contribution in [-0.2, 0) is 0 Å². The van der Waals surface area contributed by atoms with Crippen LogP contribution in [0.25, 0.3) is 10.9 Å². The van der Waals surface area contributed by atoms with Crippen molar-refractivity contribution in [3.63, 3.8) is 0 Å². The van der Waals surface area contributed by atoms with Crippen molar-refractivity contribution in [2.24, 2.45) is 5.92 Å². The Bertz CT molecular complexity index is 587. The number of aromatic nitrogens is 1. The Labute approximate surface area is 121 Å². The summed E-state index contributed by atoms with van der Waals surface area (Å²) in [6.07, 6.45) is 5.52. The maximum atomic E-state index is 4.59. The lowest BCUT2D eigenvalue weighted by Gasteiger charge is -2.30. The number of nitrogens with one attached hydrogen (secondary N) is 1. The highest BCUT2D eigenvalue weighted by Crippen LogP contribution is 2.35. The Hall–Kier alpha value is -1.41. The maximum Gasteiger partial charge on any atom is 0.0705 e. The number of rotatable bonds is 5. The third-order valence-electron chi connectivity index (χ3n) is 4.50. The first-order chi connectivity index (χ1) is 9.76. The molecule has 3 rings (SSSR count). The Balaban J connectivity index is 1.87. The first-order valence-corrected chi connectivity index (χ1v) is 7.87. The van der Waals surface area contributed by atoms with E-state index < -0.39 is 0 Å². The molecule has 1 fully saturated rings. The molecule has 1 aromatic carbocycles.